The average molecular weight is 247 g/mol. The number of carbonyl (C=O) groups is 1. The predicted octanol–water partition coefficient (Wildman–Crippen LogP) is 1.99. The van der Waals surface area contributed by atoms with Crippen LogP contribution in [0.25, 0.3) is 0 Å². The number of carbonyl (C=O) groups excluding carboxylic acids is 1. The molecule has 1 rings (SSSR count). The first-order chi connectivity index (χ1) is 7.27. The summed E-state index contributed by atoms with van der Waals surface area (Å²) in [5, 5.41) is 8.90. The molecule has 0 amide bonds. The summed E-state index contributed by atoms with van der Waals surface area (Å²) < 4.78 is 2.96. The third kappa shape index (κ3) is 4.07. The molecule has 6 heteroatoms. The quantitative estimate of drug-likeness (QED) is 0.457. The molecular formula is C9H11ClN2O2S. The maximum atomic E-state index is 10.6. The van der Waals surface area contributed by atoms with Crippen LogP contribution in [-0.4, -0.2) is 28.7 Å². The molecule has 0 bridgehead atoms. The monoisotopic (exact) mass is 246 g/mol. The lowest BCUT2D eigenvalue weighted by Gasteiger charge is -2.04. The summed E-state index contributed by atoms with van der Waals surface area (Å²) in [7, 11) is 0. The third-order valence-corrected chi connectivity index (χ3v) is 2.76. The molecular weight excluding hydrogens is 236 g/mol. The average Bonchev–Trinajstić information content (AvgIpc) is 2.26. The third-order valence-electron chi connectivity index (χ3n) is 1.59. The number of hydrogen-bond donors (Lipinski definition) is 2. The van der Waals surface area contributed by atoms with Crippen molar-refractivity contribution in [3.05, 3.63) is 22.8 Å². The SMILES string of the molecule is O=Cc1cc(NSCCCO)ncc1Cl. The summed E-state index contributed by atoms with van der Waals surface area (Å²) in [6, 6.07) is 1.58. The van der Waals surface area contributed by atoms with Gasteiger partial charge >= 0.3 is 0 Å². The lowest BCUT2D eigenvalue weighted by molar-refractivity contribution is 0.112. The van der Waals surface area contributed by atoms with E-state index in [1.807, 2.05) is 0 Å². The molecule has 1 aromatic heterocycles. The first kappa shape index (κ1) is 12.3. The molecule has 0 aliphatic rings. The lowest BCUT2D eigenvalue weighted by atomic mass is 10.3. The number of aliphatic hydroxyl groups is 1. The van der Waals surface area contributed by atoms with Crippen LogP contribution in [0.1, 0.15) is 16.8 Å². The smallest absolute Gasteiger partial charge is 0.151 e. The second kappa shape index (κ2) is 6.66. The standard InChI is InChI=1S/C9H11ClN2O2S/c10-8-5-11-9(4-7(8)6-14)12-15-3-1-2-13/h4-6,13H,1-3H2,(H,11,12). The van der Waals surface area contributed by atoms with Gasteiger partial charge in [0.05, 0.1) is 5.02 Å². The van der Waals surface area contributed by atoms with Crippen molar-refractivity contribution in [3.63, 3.8) is 0 Å². The second-order valence-electron chi connectivity index (χ2n) is 2.74. The summed E-state index contributed by atoms with van der Waals surface area (Å²) in [5.74, 6) is 1.36. The molecule has 0 aliphatic heterocycles. The molecule has 0 radical (unpaired) electrons. The fourth-order valence-corrected chi connectivity index (χ4v) is 1.64. The Hall–Kier alpha value is -0.780. The molecule has 0 fully saturated rings. The van der Waals surface area contributed by atoms with Crippen LogP contribution in [0.4, 0.5) is 5.82 Å². The number of rotatable bonds is 6. The zero-order chi connectivity index (χ0) is 11.1. The summed E-state index contributed by atoms with van der Waals surface area (Å²) in [4.78, 5) is 14.6. The van der Waals surface area contributed by atoms with Gasteiger partial charge in [-0.05, 0) is 12.5 Å². The fraction of sp³-hybridized carbons (Fsp3) is 0.333. The van der Waals surface area contributed by atoms with Crippen molar-refractivity contribution < 1.29 is 9.90 Å². The maximum Gasteiger partial charge on any atom is 0.151 e. The largest absolute Gasteiger partial charge is 0.396 e. The van der Waals surface area contributed by atoms with Crippen molar-refractivity contribution in [3.8, 4) is 0 Å². The summed E-state index contributed by atoms with van der Waals surface area (Å²) in [6.45, 7) is 0.169. The number of hydrogen-bond acceptors (Lipinski definition) is 5. The van der Waals surface area contributed by atoms with Crippen molar-refractivity contribution in [2.45, 2.75) is 6.42 Å². The molecule has 15 heavy (non-hydrogen) atoms. The van der Waals surface area contributed by atoms with Crippen LogP contribution in [-0.2, 0) is 0 Å². The number of halogens is 1. The van der Waals surface area contributed by atoms with E-state index in [0.29, 0.717) is 29.1 Å². The highest BCUT2D eigenvalue weighted by molar-refractivity contribution is 8.00. The molecule has 0 saturated carbocycles. The number of aliphatic hydroxyl groups excluding tert-OH is 1. The van der Waals surface area contributed by atoms with Gasteiger partial charge in [-0.3, -0.25) is 4.79 Å². The molecule has 0 saturated heterocycles. The van der Waals surface area contributed by atoms with Gasteiger partial charge in [0.2, 0.25) is 0 Å². The molecule has 0 atom stereocenters. The zero-order valence-electron chi connectivity index (χ0n) is 7.94. The van der Waals surface area contributed by atoms with Crippen molar-refractivity contribution in [1.82, 2.24) is 4.98 Å². The van der Waals surface area contributed by atoms with Crippen molar-refractivity contribution in [2.75, 3.05) is 17.1 Å². The molecule has 2 N–H and O–H groups in total. The van der Waals surface area contributed by atoms with E-state index >= 15 is 0 Å². The van der Waals surface area contributed by atoms with E-state index in [1.165, 1.54) is 18.1 Å². The van der Waals surface area contributed by atoms with Gasteiger partial charge in [0.1, 0.15) is 5.82 Å². The molecule has 1 heterocycles. The zero-order valence-corrected chi connectivity index (χ0v) is 9.51. The predicted molar refractivity (Wildman–Crippen MR) is 62.4 cm³/mol. The van der Waals surface area contributed by atoms with Crippen LogP contribution in [0.3, 0.4) is 0 Å². The molecule has 1 aromatic rings. The number of aldehydes is 1. The molecule has 0 unspecified atom stereocenters. The number of aromatic nitrogens is 1. The van der Waals surface area contributed by atoms with Gasteiger partial charge in [0, 0.05) is 24.1 Å². The Morgan fingerprint density at radius 2 is 2.47 bits per heavy atom. The Bertz CT molecular complexity index is 336. The number of nitrogens with one attached hydrogen (secondary N) is 1. The van der Waals surface area contributed by atoms with Gasteiger partial charge in [-0.25, -0.2) is 4.98 Å². The van der Waals surface area contributed by atoms with Crippen LogP contribution >= 0.6 is 23.5 Å². The van der Waals surface area contributed by atoms with Crippen molar-refractivity contribution in [1.29, 1.82) is 0 Å². The second-order valence-corrected chi connectivity index (χ2v) is 4.04. The van der Waals surface area contributed by atoms with E-state index in [9.17, 15) is 4.79 Å². The first-order valence-electron chi connectivity index (χ1n) is 4.37. The van der Waals surface area contributed by atoms with Crippen LogP contribution in [0, 0.1) is 0 Å². The lowest BCUT2D eigenvalue weighted by Crippen LogP contribution is -1.95. The van der Waals surface area contributed by atoms with Gasteiger partial charge in [0.15, 0.2) is 6.29 Å². The molecule has 0 aliphatic carbocycles. The number of pyridine rings is 1. The Morgan fingerprint density at radius 3 is 3.13 bits per heavy atom. The van der Waals surface area contributed by atoms with Crippen molar-refractivity contribution in [2.24, 2.45) is 0 Å². The van der Waals surface area contributed by atoms with E-state index in [4.69, 9.17) is 16.7 Å². The van der Waals surface area contributed by atoms with E-state index in [1.54, 1.807) is 6.07 Å². The van der Waals surface area contributed by atoms with Crippen LogP contribution in [0.15, 0.2) is 12.3 Å². The number of anilines is 1. The normalized spacial score (nSPS) is 10.0. The minimum atomic E-state index is 0.169. The molecule has 0 spiro atoms. The topological polar surface area (TPSA) is 62.2 Å². The minimum Gasteiger partial charge on any atom is -0.396 e. The summed E-state index contributed by atoms with van der Waals surface area (Å²) in [5.41, 5.74) is 0.414. The number of nitrogens with zero attached hydrogens (tertiary/aromatic N) is 1. The van der Waals surface area contributed by atoms with Gasteiger partial charge < -0.3 is 9.83 Å². The Labute approximate surface area is 97.2 Å². The van der Waals surface area contributed by atoms with Gasteiger partial charge in [-0.15, -0.1) is 0 Å². The summed E-state index contributed by atoms with van der Waals surface area (Å²) >= 11 is 7.14. The minimum absolute atomic E-state index is 0.169. The van der Waals surface area contributed by atoms with E-state index in [2.05, 4.69) is 9.71 Å². The Morgan fingerprint density at radius 1 is 1.67 bits per heavy atom. The highest BCUT2D eigenvalue weighted by Crippen LogP contribution is 2.18. The van der Waals surface area contributed by atoms with E-state index in [0.717, 1.165) is 5.75 Å². The fourth-order valence-electron chi connectivity index (χ4n) is 0.862. The highest BCUT2D eigenvalue weighted by atomic mass is 35.5. The summed E-state index contributed by atoms with van der Waals surface area (Å²) in [6.07, 6.45) is 2.83. The van der Waals surface area contributed by atoms with Gasteiger partial charge in [-0.1, -0.05) is 23.5 Å². The maximum absolute atomic E-state index is 10.6. The van der Waals surface area contributed by atoms with E-state index < -0.39 is 0 Å². The molecule has 82 valence electrons. The van der Waals surface area contributed by atoms with Gasteiger partial charge in [-0.2, -0.15) is 0 Å². The van der Waals surface area contributed by atoms with Gasteiger partial charge in [0.25, 0.3) is 0 Å². The Kier molecular flexibility index (Phi) is 5.45. The van der Waals surface area contributed by atoms with Crippen LogP contribution in [0.5, 0.6) is 0 Å². The van der Waals surface area contributed by atoms with Crippen LogP contribution < -0.4 is 4.72 Å². The molecule has 0 aromatic carbocycles. The molecule has 4 nitrogen and oxygen atoms in total. The van der Waals surface area contributed by atoms with Crippen molar-refractivity contribution >= 4 is 35.7 Å². The van der Waals surface area contributed by atoms with E-state index in [-0.39, 0.29) is 6.61 Å². The Balaban J connectivity index is 2.51. The first-order valence-corrected chi connectivity index (χ1v) is 5.73. The van der Waals surface area contributed by atoms with Crippen LogP contribution in [0.2, 0.25) is 5.02 Å². The highest BCUT2D eigenvalue weighted by Gasteiger charge is 2.01.